The van der Waals surface area contributed by atoms with Gasteiger partial charge in [0.05, 0.1) is 47.0 Å². The molecule has 2 aliphatic heterocycles. The van der Waals surface area contributed by atoms with Crippen LogP contribution in [0.3, 0.4) is 0 Å². The molecule has 3 aromatic heterocycles. The number of benzene rings is 2. The number of rotatable bonds is 11. The highest BCUT2D eigenvalue weighted by Gasteiger charge is 2.30. The summed E-state index contributed by atoms with van der Waals surface area (Å²) in [6.07, 6.45) is 2.07. The van der Waals surface area contributed by atoms with Crippen LogP contribution < -0.4 is 4.74 Å². The van der Waals surface area contributed by atoms with E-state index in [1.807, 2.05) is 36.4 Å². The number of halogens is 2. The fraction of sp³-hybridized carbons (Fsp3) is 0.412. The van der Waals surface area contributed by atoms with Crippen LogP contribution in [0, 0.1) is 0 Å². The fourth-order valence-corrected chi connectivity index (χ4v) is 6.54. The molecular formula is C34H36F2N6O4. The Kier molecular flexibility index (Phi) is 8.39. The number of ether oxygens (including phenoxy) is 2. The van der Waals surface area contributed by atoms with Gasteiger partial charge in [-0.25, -0.2) is 23.5 Å². The second kappa shape index (κ2) is 12.8. The van der Waals surface area contributed by atoms with E-state index in [0.717, 1.165) is 72.5 Å². The average Bonchev–Trinajstić information content (AvgIpc) is 3.61. The Morgan fingerprint density at radius 1 is 1.07 bits per heavy atom. The summed E-state index contributed by atoms with van der Waals surface area (Å²) in [5.41, 5.74) is 4.37. The minimum atomic E-state index is -2.48. The van der Waals surface area contributed by atoms with Crippen molar-refractivity contribution in [1.82, 2.24) is 29.2 Å². The molecule has 2 aliphatic rings. The standard InChI is InChI=1S/C34H36F2N6O4/c1-21(33-39-28-8-7-24(34(43)44)16-30(28)41(33)18-26-11-14-45-26)40-12-9-23(10-13-40)27-3-2-4-32(38-27)46-20-22-5-6-25-17-37-42(19-31(35)36)29(25)15-22/h2-8,15-17,21,23,26,31H,9-14,18-20H2,1H3,(H,43,44). The molecule has 5 heterocycles. The molecule has 0 saturated carbocycles. The van der Waals surface area contributed by atoms with Gasteiger partial charge >= 0.3 is 5.97 Å². The second-order valence-corrected chi connectivity index (χ2v) is 12.2. The molecule has 2 aromatic carbocycles. The lowest BCUT2D eigenvalue weighted by atomic mass is 9.92. The van der Waals surface area contributed by atoms with Crippen LogP contribution in [-0.2, 0) is 24.4 Å². The van der Waals surface area contributed by atoms with Crippen LogP contribution in [0.1, 0.15) is 65.6 Å². The van der Waals surface area contributed by atoms with E-state index in [0.29, 0.717) is 17.9 Å². The van der Waals surface area contributed by atoms with E-state index in [9.17, 15) is 18.7 Å². The Balaban J connectivity index is 1.01. The van der Waals surface area contributed by atoms with Crippen LogP contribution in [-0.4, -0.2) is 72.5 Å². The van der Waals surface area contributed by atoms with E-state index < -0.39 is 18.9 Å². The monoisotopic (exact) mass is 630 g/mol. The van der Waals surface area contributed by atoms with Gasteiger partial charge in [-0.1, -0.05) is 18.2 Å². The van der Waals surface area contributed by atoms with Gasteiger partial charge in [0, 0.05) is 29.7 Å². The number of imidazole rings is 1. The van der Waals surface area contributed by atoms with Gasteiger partial charge in [0.2, 0.25) is 5.88 Å². The van der Waals surface area contributed by atoms with Crippen molar-refractivity contribution in [2.45, 2.75) is 70.4 Å². The summed E-state index contributed by atoms with van der Waals surface area (Å²) >= 11 is 0. The molecule has 240 valence electrons. The first-order valence-corrected chi connectivity index (χ1v) is 15.7. The predicted octanol–water partition coefficient (Wildman–Crippen LogP) is 6.05. The quantitative estimate of drug-likeness (QED) is 0.188. The Labute approximate surface area is 264 Å². The number of hydrogen-bond acceptors (Lipinski definition) is 7. The lowest BCUT2D eigenvalue weighted by molar-refractivity contribution is -0.0594. The number of fused-ring (bicyclic) bond motifs is 2. The highest BCUT2D eigenvalue weighted by atomic mass is 19.3. The third kappa shape index (κ3) is 6.19. The van der Waals surface area contributed by atoms with Crippen molar-refractivity contribution in [1.29, 1.82) is 0 Å². The number of pyridine rings is 1. The molecule has 0 radical (unpaired) electrons. The average molecular weight is 631 g/mol. The van der Waals surface area contributed by atoms with Crippen LogP contribution >= 0.6 is 0 Å². The van der Waals surface area contributed by atoms with Crippen LogP contribution in [0.15, 0.2) is 60.8 Å². The summed E-state index contributed by atoms with van der Waals surface area (Å²) in [5.74, 6) is 0.788. The number of carboxylic acid groups (broad SMARTS) is 1. The molecule has 0 amide bonds. The SMILES string of the molecule is CC(c1nc2ccc(C(=O)O)cc2n1CC1CCO1)N1CCC(c2cccc(OCc3ccc4cnn(CC(F)F)c4c3)n2)CC1. The zero-order valence-corrected chi connectivity index (χ0v) is 25.6. The number of alkyl halides is 2. The van der Waals surface area contributed by atoms with Gasteiger partial charge in [0.15, 0.2) is 0 Å². The summed E-state index contributed by atoms with van der Waals surface area (Å²) in [5, 5.41) is 14.5. The van der Waals surface area contributed by atoms with Crippen molar-refractivity contribution in [2.24, 2.45) is 0 Å². The van der Waals surface area contributed by atoms with Gasteiger partial charge in [-0.15, -0.1) is 0 Å². The molecule has 7 rings (SSSR count). The molecule has 2 fully saturated rings. The van der Waals surface area contributed by atoms with Crippen molar-refractivity contribution >= 4 is 27.9 Å². The number of aromatic carboxylic acids is 1. The van der Waals surface area contributed by atoms with Crippen LogP contribution in [0.5, 0.6) is 5.88 Å². The first-order valence-electron chi connectivity index (χ1n) is 15.7. The maximum Gasteiger partial charge on any atom is 0.335 e. The van der Waals surface area contributed by atoms with E-state index >= 15 is 0 Å². The van der Waals surface area contributed by atoms with Gasteiger partial charge in [-0.3, -0.25) is 9.58 Å². The van der Waals surface area contributed by atoms with E-state index in [2.05, 4.69) is 21.5 Å². The van der Waals surface area contributed by atoms with E-state index in [1.165, 1.54) is 4.68 Å². The number of carbonyl (C=O) groups is 1. The molecule has 1 N–H and O–H groups in total. The van der Waals surface area contributed by atoms with Crippen molar-refractivity contribution in [3.05, 3.63) is 83.4 Å². The second-order valence-electron chi connectivity index (χ2n) is 12.2. The zero-order chi connectivity index (χ0) is 31.8. The number of carboxylic acids is 1. The summed E-state index contributed by atoms with van der Waals surface area (Å²) in [7, 11) is 0. The highest BCUT2D eigenvalue weighted by molar-refractivity contribution is 5.92. The summed E-state index contributed by atoms with van der Waals surface area (Å²) in [4.78, 5) is 23.9. The van der Waals surface area contributed by atoms with Gasteiger partial charge in [-0.2, -0.15) is 5.10 Å². The van der Waals surface area contributed by atoms with Crippen molar-refractivity contribution in [3.63, 3.8) is 0 Å². The molecule has 2 saturated heterocycles. The van der Waals surface area contributed by atoms with Crippen LogP contribution in [0.4, 0.5) is 8.78 Å². The van der Waals surface area contributed by atoms with E-state index in [-0.39, 0.29) is 30.2 Å². The van der Waals surface area contributed by atoms with Gasteiger partial charge in [0.1, 0.15) is 19.0 Å². The van der Waals surface area contributed by atoms with E-state index in [1.54, 1.807) is 24.4 Å². The maximum atomic E-state index is 13.0. The number of piperidine rings is 1. The normalized spacial score (nSPS) is 18.3. The number of hydrogen-bond donors (Lipinski definition) is 1. The summed E-state index contributed by atoms with van der Waals surface area (Å²) < 4.78 is 41.1. The molecule has 2 unspecified atom stereocenters. The molecule has 0 bridgehead atoms. The predicted molar refractivity (Wildman–Crippen MR) is 167 cm³/mol. The number of aromatic nitrogens is 5. The topological polar surface area (TPSA) is 108 Å². The van der Waals surface area contributed by atoms with Gasteiger partial charge in [0.25, 0.3) is 6.43 Å². The smallest absolute Gasteiger partial charge is 0.335 e. The molecular weight excluding hydrogens is 594 g/mol. The number of likely N-dealkylation sites (tertiary alicyclic amines) is 1. The summed E-state index contributed by atoms with van der Waals surface area (Å²) in [6, 6.07) is 16.6. The molecule has 10 nitrogen and oxygen atoms in total. The lowest BCUT2D eigenvalue weighted by Gasteiger charge is -2.36. The first-order chi connectivity index (χ1) is 22.3. The van der Waals surface area contributed by atoms with Crippen molar-refractivity contribution < 1.29 is 28.2 Å². The van der Waals surface area contributed by atoms with Gasteiger partial charge < -0.3 is 19.1 Å². The Morgan fingerprint density at radius 2 is 1.89 bits per heavy atom. The Bertz CT molecular complexity index is 1860. The Hall–Kier alpha value is -4.42. The van der Waals surface area contributed by atoms with Crippen LogP contribution in [0.25, 0.3) is 21.9 Å². The molecule has 0 aliphatic carbocycles. The third-order valence-corrected chi connectivity index (χ3v) is 9.23. The van der Waals surface area contributed by atoms with Crippen molar-refractivity contribution in [3.8, 4) is 5.88 Å². The number of nitrogens with zero attached hydrogens (tertiary/aromatic N) is 6. The lowest BCUT2D eigenvalue weighted by Crippen LogP contribution is -2.37. The van der Waals surface area contributed by atoms with Crippen molar-refractivity contribution in [2.75, 3.05) is 19.7 Å². The van der Waals surface area contributed by atoms with Gasteiger partial charge in [-0.05, 0) is 75.2 Å². The third-order valence-electron chi connectivity index (χ3n) is 9.23. The van der Waals surface area contributed by atoms with E-state index in [4.69, 9.17) is 19.4 Å². The first kappa shape index (κ1) is 30.2. The largest absolute Gasteiger partial charge is 0.478 e. The summed E-state index contributed by atoms with van der Waals surface area (Å²) in [6.45, 7) is 5.13. The Morgan fingerprint density at radius 3 is 2.63 bits per heavy atom. The zero-order valence-electron chi connectivity index (χ0n) is 25.6. The molecule has 5 aromatic rings. The molecule has 12 heteroatoms. The molecule has 0 spiro atoms. The minimum absolute atomic E-state index is 0.0404. The fourth-order valence-electron chi connectivity index (χ4n) is 6.54. The molecule has 46 heavy (non-hydrogen) atoms. The maximum absolute atomic E-state index is 13.0. The molecule has 2 atom stereocenters. The van der Waals surface area contributed by atoms with Crippen LogP contribution in [0.2, 0.25) is 0 Å². The minimum Gasteiger partial charge on any atom is -0.478 e. The highest BCUT2D eigenvalue weighted by Crippen LogP contribution is 2.34.